The fraction of sp³-hybridized carbons (Fsp3) is 0.273. The molecule has 0 aromatic carbocycles. The molecule has 0 amide bonds. The molecule has 0 radical (unpaired) electrons. The van der Waals surface area contributed by atoms with Gasteiger partial charge in [-0.1, -0.05) is 11.8 Å². The lowest BCUT2D eigenvalue weighted by Crippen LogP contribution is -2.09. The zero-order valence-electron chi connectivity index (χ0n) is 9.63. The van der Waals surface area contributed by atoms with Crippen molar-refractivity contribution >= 4 is 11.8 Å². The Balaban J connectivity index is 1.93. The molecule has 0 N–H and O–H groups in total. The summed E-state index contributed by atoms with van der Waals surface area (Å²) in [6.07, 6.45) is 2.02. The van der Waals surface area contributed by atoms with Crippen molar-refractivity contribution in [2.24, 2.45) is 0 Å². The first-order valence-electron chi connectivity index (χ1n) is 5.33. The van der Waals surface area contributed by atoms with Crippen LogP contribution in [0, 0.1) is 0 Å². The third kappa shape index (κ3) is 4.16. The Morgan fingerprint density at radius 3 is 2.63 bits per heavy atom. The topological polar surface area (TPSA) is 51.6 Å². The van der Waals surface area contributed by atoms with E-state index in [4.69, 9.17) is 0 Å². The Bertz CT molecular complexity index is 533. The third-order valence-electron chi connectivity index (χ3n) is 2.13. The number of aromatic nitrogens is 4. The van der Waals surface area contributed by atoms with Gasteiger partial charge in [-0.2, -0.15) is 13.2 Å². The van der Waals surface area contributed by atoms with Crippen LogP contribution >= 0.6 is 11.8 Å². The second-order valence-corrected chi connectivity index (χ2v) is 4.58. The molecule has 2 rings (SSSR count). The van der Waals surface area contributed by atoms with Crippen molar-refractivity contribution in [3.05, 3.63) is 42.2 Å². The summed E-state index contributed by atoms with van der Waals surface area (Å²) in [4.78, 5) is 15.2. The zero-order valence-corrected chi connectivity index (χ0v) is 10.4. The number of hydrogen-bond donors (Lipinski definition) is 0. The van der Waals surface area contributed by atoms with Gasteiger partial charge in [0.1, 0.15) is 5.69 Å². The van der Waals surface area contributed by atoms with E-state index in [1.807, 2.05) is 0 Å². The van der Waals surface area contributed by atoms with Crippen LogP contribution in [0.15, 0.2) is 36.0 Å². The lowest BCUT2D eigenvalue weighted by molar-refractivity contribution is -0.141. The largest absolute Gasteiger partial charge is 0.433 e. The van der Waals surface area contributed by atoms with Gasteiger partial charge >= 0.3 is 6.18 Å². The standard InChI is InChI=1S/C11H9F3N4S/c12-11(13,14)9-1-3-17-10(18-9)19-6-2-8-7-15-4-5-16-8/h1,3-5,7H,2,6H2. The molecule has 0 aliphatic carbocycles. The summed E-state index contributed by atoms with van der Waals surface area (Å²) in [7, 11) is 0. The smallest absolute Gasteiger partial charge is 0.261 e. The lowest BCUT2D eigenvalue weighted by Gasteiger charge is -2.06. The van der Waals surface area contributed by atoms with Crippen molar-refractivity contribution in [3.8, 4) is 0 Å². The monoisotopic (exact) mass is 286 g/mol. The van der Waals surface area contributed by atoms with Crippen LogP contribution in [-0.2, 0) is 12.6 Å². The SMILES string of the molecule is FC(F)(F)c1ccnc(SCCc2cnccn2)n1. The molecule has 2 aromatic rings. The summed E-state index contributed by atoms with van der Waals surface area (Å²) in [5.74, 6) is 0.542. The zero-order chi connectivity index (χ0) is 13.7. The highest BCUT2D eigenvalue weighted by Crippen LogP contribution is 2.28. The van der Waals surface area contributed by atoms with Gasteiger partial charge in [0.05, 0.1) is 5.69 Å². The van der Waals surface area contributed by atoms with Crippen molar-refractivity contribution < 1.29 is 13.2 Å². The number of nitrogens with zero attached hydrogens (tertiary/aromatic N) is 4. The number of thioether (sulfide) groups is 1. The molecule has 0 bridgehead atoms. The summed E-state index contributed by atoms with van der Waals surface area (Å²) < 4.78 is 37.3. The molecule has 0 unspecified atom stereocenters. The maximum atomic E-state index is 12.4. The Labute approximate surface area is 111 Å². The van der Waals surface area contributed by atoms with Gasteiger partial charge in [-0.25, -0.2) is 9.97 Å². The minimum Gasteiger partial charge on any atom is -0.261 e. The molecule has 100 valence electrons. The van der Waals surface area contributed by atoms with Gasteiger partial charge in [-0.3, -0.25) is 9.97 Å². The number of rotatable bonds is 4. The first kappa shape index (κ1) is 13.7. The van der Waals surface area contributed by atoms with Crippen molar-refractivity contribution in [2.45, 2.75) is 17.8 Å². The third-order valence-corrected chi connectivity index (χ3v) is 2.99. The van der Waals surface area contributed by atoms with E-state index in [1.54, 1.807) is 18.6 Å². The molecule has 19 heavy (non-hydrogen) atoms. The van der Waals surface area contributed by atoms with Gasteiger partial charge in [0, 0.05) is 37.0 Å². The number of halogens is 3. The van der Waals surface area contributed by atoms with E-state index in [0.717, 1.165) is 29.7 Å². The summed E-state index contributed by atoms with van der Waals surface area (Å²) >= 11 is 1.16. The minimum absolute atomic E-state index is 0.110. The number of aryl methyl sites for hydroxylation is 1. The van der Waals surface area contributed by atoms with Gasteiger partial charge in [0.25, 0.3) is 0 Å². The van der Waals surface area contributed by atoms with Gasteiger partial charge in [-0.05, 0) is 6.07 Å². The molecule has 8 heteroatoms. The molecular formula is C11H9F3N4S. The molecule has 0 aliphatic heterocycles. The first-order chi connectivity index (χ1) is 9.05. The summed E-state index contributed by atoms with van der Waals surface area (Å²) in [5, 5.41) is 0.110. The molecule has 2 heterocycles. The minimum atomic E-state index is -4.44. The average molecular weight is 286 g/mol. The maximum absolute atomic E-state index is 12.4. The number of hydrogen-bond acceptors (Lipinski definition) is 5. The molecule has 0 saturated carbocycles. The quantitative estimate of drug-likeness (QED) is 0.639. The van der Waals surface area contributed by atoms with Crippen LogP contribution in [0.3, 0.4) is 0 Å². The Kier molecular flexibility index (Phi) is 4.31. The fourth-order valence-corrected chi connectivity index (χ4v) is 2.07. The lowest BCUT2D eigenvalue weighted by atomic mass is 10.4. The molecule has 0 fully saturated rings. The molecule has 0 aliphatic rings. The molecule has 2 aromatic heterocycles. The molecular weight excluding hydrogens is 277 g/mol. The van der Waals surface area contributed by atoms with E-state index in [9.17, 15) is 13.2 Å². The van der Waals surface area contributed by atoms with Gasteiger partial charge in [0.2, 0.25) is 0 Å². The van der Waals surface area contributed by atoms with E-state index < -0.39 is 11.9 Å². The summed E-state index contributed by atoms with van der Waals surface area (Å²) in [6, 6.07) is 0.854. The van der Waals surface area contributed by atoms with E-state index in [2.05, 4.69) is 19.9 Å². The second-order valence-electron chi connectivity index (χ2n) is 3.52. The molecule has 0 saturated heterocycles. The average Bonchev–Trinajstić information content (AvgIpc) is 2.39. The molecule has 0 atom stereocenters. The Morgan fingerprint density at radius 1 is 1.11 bits per heavy atom. The van der Waals surface area contributed by atoms with Crippen LogP contribution in [0.1, 0.15) is 11.4 Å². The van der Waals surface area contributed by atoms with Crippen LogP contribution in [0.2, 0.25) is 0 Å². The fourth-order valence-electron chi connectivity index (χ4n) is 1.27. The first-order valence-corrected chi connectivity index (χ1v) is 6.32. The molecule has 0 spiro atoms. The van der Waals surface area contributed by atoms with E-state index in [-0.39, 0.29) is 5.16 Å². The highest BCUT2D eigenvalue weighted by atomic mass is 32.2. The van der Waals surface area contributed by atoms with Crippen LogP contribution in [0.5, 0.6) is 0 Å². The van der Waals surface area contributed by atoms with Gasteiger partial charge < -0.3 is 0 Å². The Morgan fingerprint density at radius 2 is 1.95 bits per heavy atom. The van der Waals surface area contributed by atoms with Crippen LogP contribution in [0.25, 0.3) is 0 Å². The normalized spacial score (nSPS) is 11.5. The summed E-state index contributed by atoms with van der Waals surface area (Å²) in [6.45, 7) is 0. The van der Waals surface area contributed by atoms with Crippen molar-refractivity contribution in [3.63, 3.8) is 0 Å². The van der Waals surface area contributed by atoms with Crippen LogP contribution < -0.4 is 0 Å². The predicted molar refractivity (Wildman–Crippen MR) is 63.5 cm³/mol. The number of alkyl halides is 3. The van der Waals surface area contributed by atoms with Crippen molar-refractivity contribution in [1.29, 1.82) is 0 Å². The van der Waals surface area contributed by atoms with Gasteiger partial charge in [-0.15, -0.1) is 0 Å². The second kappa shape index (κ2) is 5.96. The Hall–Kier alpha value is -1.70. The van der Waals surface area contributed by atoms with Crippen LogP contribution in [0.4, 0.5) is 13.2 Å². The van der Waals surface area contributed by atoms with Crippen LogP contribution in [-0.4, -0.2) is 25.7 Å². The van der Waals surface area contributed by atoms with E-state index in [1.165, 1.54) is 0 Å². The predicted octanol–water partition coefficient (Wildman–Crippen LogP) is 2.62. The summed E-state index contributed by atoms with van der Waals surface area (Å²) in [5.41, 5.74) is -0.147. The van der Waals surface area contributed by atoms with E-state index >= 15 is 0 Å². The molecule has 4 nitrogen and oxygen atoms in total. The highest BCUT2D eigenvalue weighted by molar-refractivity contribution is 7.99. The van der Waals surface area contributed by atoms with E-state index in [0.29, 0.717) is 12.2 Å². The van der Waals surface area contributed by atoms with Crippen molar-refractivity contribution in [2.75, 3.05) is 5.75 Å². The maximum Gasteiger partial charge on any atom is 0.433 e. The van der Waals surface area contributed by atoms with Crippen molar-refractivity contribution in [1.82, 2.24) is 19.9 Å². The highest BCUT2D eigenvalue weighted by Gasteiger charge is 2.32. The van der Waals surface area contributed by atoms with Gasteiger partial charge in [0.15, 0.2) is 5.16 Å².